The summed E-state index contributed by atoms with van der Waals surface area (Å²) >= 11 is 0. The number of carbonyl (C=O) groups excluding carboxylic acids is 2. The molecular weight excluding hydrogens is 410 g/mol. The summed E-state index contributed by atoms with van der Waals surface area (Å²) in [5.41, 5.74) is 0. The summed E-state index contributed by atoms with van der Waals surface area (Å²) in [7, 11) is -6.53. The van der Waals surface area contributed by atoms with Crippen molar-refractivity contribution in [3.05, 3.63) is 30.3 Å². The zero-order valence-electron chi connectivity index (χ0n) is 15.7. The number of ether oxygens (including phenoxy) is 1. The van der Waals surface area contributed by atoms with E-state index in [1.807, 2.05) is 0 Å². The Hall–Kier alpha value is -2.02. The molecule has 1 saturated heterocycles. The van der Waals surface area contributed by atoms with Crippen LogP contribution >= 0.6 is 0 Å². The first-order chi connectivity index (χ1) is 13.0. The van der Waals surface area contributed by atoms with Crippen molar-refractivity contribution in [1.29, 1.82) is 0 Å². The molecule has 1 aromatic carbocycles. The second-order valence-electron chi connectivity index (χ2n) is 6.32. The van der Waals surface area contributed by atoms with Crippen LogP contribution in [0.15, 0.2) is 35.2 Å². The van der Waals surface area contributed by atoms with Gasteiger partial charge in [-0.2, -0.15) is 8.61 Å². The van der Waals surface area contributed by atoms with Gasteiger partial charge in [-0.1, -0.05) is 18.2 Å². The van der Waals surface area contributed by atoms with Gasteiger partial charge in [-0.3, -0.25) is 4.79 Å². The highest BCUT2D eigenvalue weighted by molar-refractivity contribution is 7.89. The van der Waals surface area contributed by atoms with Gasteiger partial charge in [0.1, 0.15) is 12.1 Å². The molecule has 0 spiro atoms. The fourth-order valence-electron chi connectivity index (χ4n) is 2.82. The minimum absolute atomic E-state index is 0.0124. The van der Waals surface area contributed by atoms with Crippen LogP contribution in [0.4, 0.5) is 0 Å². The molecule has 28 heavy (non-hydrogen) atoms. The molecular formula is C16H23N3O7S2. The van der Waals surface area contributed by atoms with E-state index < -0.39 is 44.0 Å². The normalized spacial score (nSPS) is 20.3. The predicted molar refractivity (Wildman–Crippen MR) is 100 cm³/mol. The Morgan fingerprint density at radius 3 is 2.29 bits per heavy atom. The van der Waals surface area contributed by atoms with Crippen molar-refractivity contribution in [2.45, 2.75) is 23.9 Å². The summed E-state index contributed by atoms with van der Waals surface area (Å²) in [6, 6.07) is 5.19. The lowest BCUT2D eigenvalue weighted by Crippen LogP contribution is -2.62. The third kappa shape index (κ3) is 4.87. The van der Waals surface area contributed by atoms with Crippen LogP contribution < -0.4 is 5.32 Å². The van der Waals surface area contributed by atoms with Gasteiger partial charge in [0.05, 0.1) is 18.3 Å². The lowest BCUT2D eigenvalue weighted by atomic mass is 10.2. The molecule has 0 bridgehead atoms. The number of esters is 1. The van der Waals surface area contributed by atoms with Crippen LogP contribution in [0.5, 0.6) is 0 Å². The van der Waals surface area contributed by atoms with Crippen molar-refractivity contribution >= 4 is 31.9 Å². The van der Waals surface area contributed by atoms with Crippen LogP contribution in [0.25, 0.3) is 0 Å². The van der Waals surface area contributed by atoms with Crippen molar-refractivity contribution in [1.82, 2.24) is 13.9 Å². The van der Waals surface area contributed by atoms with Crippen LogP contribution in [0.3, 0.4) is 0 Å². The molecule has 2 atom stereocenters. The first-order valence-corrected chi connectivity index (χ1v) is 11.7. The molecule has 1 amide bonds. The number of nitrogens with one attached hydrogen (secondary N) is 1. The van der Waals surface area contributed by atoms with E-state index in [4.69, 9.17) is 0 Å². The highest BCUT2D eigenvalue weighted by Gasteiger charge is 2.42. The molecule has 0 aromatic heterocycles. The van der Waals surface area contributed by atoms with E-state index in [-0.39, 0.29) is 24.5 Å². The number of hydrogen-bond acceptors (Lipinski definition) is 7. The Balaban J connectivity index is 2.37. The summed E-state index contributed by atoms with van der Waals surface area (Å²) in [6.07, 6.45) is 0.987. The number of hydrogen-bond donors (Lipinski definition) is 1. The van der Waals surface area contributed by atoms with Crippen molar-refractivity contribution in [3.8, 4) is 0 Å². The van der Waals surface area contributed by atoms with Gasteiger partial charge in [0, 0.05) is 19.6 Å². The van der Waals surface area contributed by atoms with Crippen LogP contribution in [0.2, 0.25) is 0 Å². The van der Waals surface area contributed by atoms with Gasteiger partial charge < -0.3 is 10.1 Å². The number of amides is 1. The third-order valence-electron chi connectivity index (χ3n) is 4.33. The molecule has 1 N–H and O–H groups in total. The number of rotatable bonds is 6. The maximum atomic E-state index is 13.0. The van der Waals surface area contributed by atoms with E-state index in [0.29, 0.717) is 0 Å². The number of benzene rings is 1. The van der Waals surface area contributed by atoms with Crippen LogP contribution in [0.1, 0.15) is 6.92 Å². The zero-order valence-corrected chi connectivity index (χ0v) is 17.4. The minimum Gasteiger partial charge on any atom is -0.467 e. The maximum Gasteiger partial charge on any atom is 0.328 e. The number of sulfonamides is 2. The molecule has 0 saturated carbocycles. The standard InChI is InChI=1S/C16H23N3O7S2/c1-12(16(21)26-2)17-15(20)14-11-18(27(3,22)23)9-10-19(14)28(24,25)13-7-5-4-6-8-13/h4-8,12,14H,9-11H2,1-3H3,(H,17,20)/t12-,14-/m1/s1. The molecule has 0 radical (unpaired) electrons. The lowest BCUT2D eigenvalue weighted by Gasteiger charge is -2.38. The Morgan fingerprint density at radius 2 is 1.75 bits per heavy atom. The highest BCUT2D eigenvalue weighted by atomic mass is 32.2. The molecule has 1 fully saturated rings. The second-order valence-corrected chi connectivity index (χ2v) is 10.2. The Kier molecular flexibility index (Phi) is 6.80. The van der Waals surface area contributed by atoms with Crippen molar-refractivity contribution in [2.75, 3.05) is 33.0 Å². The van der Waals surface area contributed by atoms with Gasteiger partial charge in [-0.25, -0.2) is 21.6 Å². The van der Waals surface area contributed by atoms with E-state index in [0.717, 1.165) is 22.0 Å². The average Bonchev–Trinajstić information content (AvgIpc) is 2.66. The minimum atomic E-state index is -4.05. The molecule has 1 aromatic rings. The number of carbonyl (C=O) groups is 2. The van der Waals surface area contributed by atoms with E-state index >= 15 is 0 Å². The predicted octanol–water partition coefficient (Wildman–Crippen LogP) is -1.00. The molecule has 1 aliphatic heterocycles. The summed E-state index contributed by atoms with van der Waals surface area (Å²) in [4.78, 5) is 24.3. The van der Waals surface area contributed by atoms with E-state index in [1.54, 1.807) is 18.2 Å². The Bertz CT molecular complexity index is 932. The monoisotopic (exact) mass is 433 g/mol. The van der Waals surface area contributed by atoms with Gasteiger partial charge in [0.15, 0.2) is 0 Å². The zero-order chi connectivity index (χ0) is 21.1. The molecule has 0 unspecified atom stereocenters. The molecule has 2 rings (SSSR count). The molecule has 1 aliphatic rings. The van der Waals surface area contributed by atoms with Gasteiger partial charge in [0.2, 0.25) is 26.0 Å². The van der Waals surface area contributed by atoms with Gasteiger partial charge in [-0.05, 0) is 19.1 Å². The topological polar surface area (TPSA) is 130 Å². The average molecular weight is 434 g/mol. The van der Waals surface area contributed by atoms with Gasteiger partial charge in [-0.15, -0.1) is 0 Å². The summed E-state index contributed by atoms with van der Waals surface area (Å²) in [5.74, 6) is -1.49. The van der Waals surface area contributed by atoms with Crippen LogP contribution in [-0.4, -0.2) is 82.4 Å². The SMILES string of the molecule is COC(=O)[C@@H](C)NC(=O)[C@H]1CN(S(C)(=O)=O)CCN1S(=O)(=O)c1ccccc1. The molecule has 10 nitrogen and oxygen atoms in total. The van der Waals surface area contributed by atoms with Gasteiger partial charge in [0.25, 0.3) is 0 Å². The molecule has 1 heterocycles. The molecule has 0 aliphatic carbocycles. The third-order valence-corrected chi connectivity index (χ3v) is 7.52. The quantitative estimate of drug-likeness (QED) is 0.570. The van der Waals surface area contributed by atoms with Crippen LogP contribution in [-0.2, 0) is 34.4 Å². The van der Waals surface area contributed by atoms with Crippen molar-refractivity contribution < 1.29 is 31.2 Å². The number of methoxy groups -OCH3 is 1. The van der Waals surface area contributed by atoms with Crippen LogP contribution in [0, 0.1) is 0 Å². The Labute approximate surface area is 164 Å². The molecule has 12 heteroatoms. The second kappa shape index (κ2) is 8.55. The summed E-state index contributed by atoms with van der Waals surface area (Å²) < 4.78 is 56.4. The summed E-state index contributed by atoms with van der Waals surface area (Å²) in [6.45, 7) is 0.748. The first kappa shape index (κ1) is 22.3. The smallest absolute Gasteiger partial charge is 0.328 e. The largest absolute Gasteiger partial charge is 0.467 e. The van der Waals surface area contributed by atoms with E-state index in [1.165, 1.54) is 19.1 Å². The number of piperazine rings is 1. The highest BCUT2D eigenvalue weighted by Crippen LogP contribution is 2.22. The van der Waals surface area contributed by atoms with E-state index in [2.05, 4.69) is 10.1 Å². The Morgan fingerprint density at radius 1 is 1.14 bits per heavy atom. The fraction of sp³-hybridized carbons (Fsp3) is 0.500. The van der Waals surface area contributed by atoms with Crippen molar-refractivity contribution in [2.24, 2.45) is 0 Å². The van der Waals surface area contributed by atoms with Crippen molar-refractivity contribution in [3.63, 3.8) is 0 Å². The molecule has 156 valence electrons. The fourth-order valence-corrected chi connectivity index (χ4v) is 5.23. The summed E-state index contributed by atoms with van der Waals surface area (Å²) in [5, 5.41) is 2.38. The maximum absolute atomic E-state index is 13.0. The van der Waals surface area contributed by atoms with Gasteiger partial charge >= 0.3 is 5.97 Å². The first-order valence-electron chi connectivity index (χ1n) is 8.38. The lowest BCUT2D eigenvalue weighted by molar-refractivity contribution is -0.145. The number of nitrogens with zero attached hydrogens (tertiary/aromatic N) is 2. The van der Waals surface area contributed by atoms with E-state index in [9.17, 15) is 26.4 Å².